The summed E-state index contributed by atoms with van der Waals surface area (Å²) in [4.78, 5) is 0. The largest absolute Gasteiger partial charge is 0.215 e. The van der Waals surface area contributed by atoms with Gasteiger partial charge in [0, 0.05) is 25.0 Å². The van der Waals surface area contributed by atoms with Crippen molar-refractivity contribution in [2.75, 3.05) is 0 Å². The maximum absolute atomic E-state index is 2.40. The lowest BCUT2D eigenvalue weighted by molar-refractivity contribution is -0.557. The Balaban J connectivity index is 1.91. The molecule has 0 saturated carbocycles. The lowest BCUT2D eigenvalue weighted by Gasteiger charge is -1.82. The topological polar surface area (TPSA) is 0 Å². The first-order valence-electron chi connectivity index (χ1n) is 3.81. The number of rotatable bonds is 2. The van der Waals surface area contributed by atoms with E-state index in [9.17, 15) is 0 Å². The second-order valence-corrected chi connectivity index (χ2v) is 3.75. The minimum absolute atomic E-state index is 1.10. The van der Waals surface area contributed by atoms with E-state index < -0.39 is 0 Å². The SMILES string of the molecule is C1=CCC([Cl+]C2=CC=CC2)=C1. The van der Waals surface area contributed by atoms with Crippen molar-refractivity contribution >= 4 is 0 Å². The molecule has 0 fully saturated rings. The molecule has 11 heavy (non-hydrogen) atoms. The summed E-state index contributed by atoms with van der Waals surface area (Å²) in [5.41, 5.74) is 0. The summed E-state index contributed by atoms with van der Waals surface area (Å²) in [6.07, 6.45) is 15.2. The molecule has 0 nitrogen and oxygen atoms in total. The van der Waals surface area contributed by atoms with Gasteiger partial charge in [-0.05, 0) is 0 Å². The van der Waals surface area contributed by atoms with Crippen molar-refractivity contribution in [2.45, 2.75) is 12.8 Å². The summed E-state index contributed by atoms with van der Waals surface area (Å²) in [7, 11) is 2.40. The van der Waals surface area contributed by atoms with Crippen LogP contribution >= 0.6 is 0 Å². The first-order chi connectivity index (χ1) is 5.45. The first kappa shape index (κ1) is 6.93. The van der Waals surface area contributed by atoms with E-state index in [0.717, 1.165) is 12.8 Å². The van der Waals surface area contributed by atoms with E-state index in [0.29, 0.717) is 0 Å². The van der Waals surface area contributed by atoms with Crippen LogP contribution in [0.4, 0.5) is 0 Å². The van der Waals surface area contributed by atoms with Gasteiger partial charge in [0.2, 0.25) is 20.9 Å². The number of allylic oxidation sites excluding steroid dienone is 8. The highest BCUT2D eigenvalue weighted by Gasteiger charge is 2.20. The van der Waals surface area contributed by atoms with Crippen LogP contribution < -0.4 is 0 Å². The molecule has 56 valence electrons. The monoisotopic (exact) mass is 165 g/mol. The van der Waals surface area contributed by atoms with E-state index in [1.165, 1.54) is 10.1 Å². The van der Waals surface area contributed by atoms with Crippen LogP contribution in [0, 0.1) is 10.8 Å². The summed E-state index contributed by atoms with van der Waals surface area (Å²) >= 11 is 0. The molecule has 0 spiro atoms. The predicted octanol–water partition coefficient (Wildman–Crippen LogP) is 2.76. The average Bonchev–Trinajstić information content (AvgIpc) is 2.60. The first-order valence-corrected chi connectivity index (χ1v) is 4.57. The van der Waals surface area contributed by atoms with E-state index >= 15 is 0 Å². The predicted molar refractivity (Wildman–Crippen MR) is 43.7 cm³/mol. The Morgan fingerprint density at radius 3 is 1.82 bits per heavy atom. The lowest BCUT2D eigenvalue weighted by atomic mass is 10.5. The summed E-state index contributed by atoms with van der Waals surface area (Å²) in [5, 5.41) is 2.83. The van der Waals surface area contributed by atoms with Crippen LogP contribution in [-0.4, -0.2) is 0 Å². The highest BCUT2D eigenvalue weighted by Crippen LogP contribution is 2.21. The fourth-order valence-electron chi connectivity index (χ4n) is 1.14. The van der Waals surface area contributed by atoms with Gasteiger partial charge in [-0.15, -0.1) is 0 Å². The molecule has 0 saturated heterocycles. The van der Waals surface area contributed by atoms with Gasteiger partial charge in [-0.3, -0.25) is 0 Å². The molecule has 2 aliphatic rings. The van der Waals surface area contributed by atoms with Gasteiger partial charge in [-0.25, -0.2) is 0 Å². The van der Waals surface area contributed by atoms with Crippen LogP contribution in [0.3, 0.4) is 0 Å². The third-order valence-electron chi connectivity index (χ3n) is 1.69. The molecule has 0 bridgehead atoms. The second-order valence-electron chi connectivity index (χ2n) is 2.59. The smallest absolute Gasteiger partial charge is 0.0748 e. The molecule has 0 heterocycles. The Hall–Kier alpha value is -0.750. The highest BCUT2D eigenvalue weighted by molar-refractivity contribution is 5.21. The molecule has 0 aromatic rings. The maximum atomic E-state index is 2.40. The standard InChI is InChI=1S/C10H10Cl/c1-2-6-9(5-1)11-10-7-3-4-8-10/h1-5,7H,6,8H2/q+1. The Labute approximate surface area is 70.7 Å². The number of halogens is 1. The Morgan fingerprint density at radius 2 is 1.45 bits per heavy atom. The van der Waals surface area contributed by atoms with Crippen LogP contribution in [0.1, 0.15) is 12.8 Å². The van der Waals surface area contributed by atoms with Gasteiger partial charge in [-0.1, -0.05) is 24.3 Å². The molecule has 0 aromatic heterocycles. The molecule has 2 rings (SSSR count). The van der Waals surface area contributed by atoms with E-state index in [4.69, 9.17) is 0 Å². The van der Waals surface area contributed by atoms with Gasteiger partial charge in [0.1, 0.15) is 0 Å². The van der Waals surface area contributed by atoms with E-state index in [-0.39, 0.29) is 0 Å². The van der Waals surface area contributed by atoms with Gasteiger partial charge < -0.3 is 0 Å². The third-order valence-corrected chi connectivity index (χ3v) is 2.74. The summed E-state index contributed by atoms with van der Waals surface area (Å²) < 4.78 is 0. The molecule has 0 atom stereocenters. The van der Waals surface area contributed by atoms with Crippen molar-refractivity contribution in [3.63, 3.8) is 0 Å². The fraction of sp³-hybridized carbons (Fsp3) is 0.200. The van der Waals surface area contributed by atoms with Gasteiger partial charge in [0.25, 0.3) is 0 Å². The normalized spacial score (nSPS) is 20.7. The zero-order valence-electron chi connectivity index (χ0n) is 6.26. The molecule has 2 aliphatic carbocycles. The number of hydrogen-bond donors (Lipinski definition) is 0. The maximum Gasteiger partial charge on any atom is 0.215 e. The Morgan fingerprint density at radius 1 is 0.909 bits per heavy atom. The van der Waals surface area contributed by atoms with Crippen molar-refractivity contribution in [2.24, 2.45) is 0 Å². The van der Waals surface area contributed by atoms with E-state index in [1.807, 2.05) is 0 Å². The quantitative estimate of drug-likeness (QED) is 0.591. The minimum atomic E-state index is 1.10. The molecule has 1 heteroatoms. The van der Waals surface area contributed by atoms with Crippen LogP contribution in [0.2, 0.25) is 0 Å². The average molecular weight is 166 g/mol. The molecular formula is C10H10Cl+. The van der Waals surface area contributed by atoms with Crippen LogP contribution in [0.15, 0.2) is 46.5 Å². The van der Waals surface area contributed by atoms with Crippen molar-refractivity contribution in [3.8, 4) is 0 Å². The third kappa shape index (κ3) is 1.63. The van der Waals surface area contributed by atoms with Gasteiger partial charge in [-0.2, -0.15) is 0 Å². The number of hydrogen-bond acceptors (Lipinski definition) is 0. The van der Waals surface area contributed by atoms with Crippen LogP contribution in [0.5, 0.6) is 0 Å². The molecule has 0 radical (unpaired) electrons. The van der Waals surface area contributed by atoms with Gasteiger partial charge in [0.15, 0.2) is 0 Å². The van der Waals surface area contributed by atoms with Crippen molar-refractivity contribution in [3.05, 3.63) is 46.5 Å². The molecular weight excluding hydrogens is 156 g/mol. The van der Waals surface area contributed by atoms with Gasteiger partial charge >= 0.3 is 0 Å². The lowest BCUT2D eigenvalue weighted by Crippen LogP contribution is -1.85. The molecule has 0 amide bonds. The zero-order chi connectivity index (χ0) is 7.52. The Bertz CT molecular complexity index is 239. The summed E-state index contributed by atoms with van der Waals surface area (Å²) in [6.45, 7) is 0. The highest BCUT2D eigenvalue weighted by atomic mass is 35.5. The summed E-state index contributed by atoms with van der Waals surface area (Å²) in [6, 6.07) is 0. The molecule has 0 unspecified atom stereocenters. The second kappa shape index (κ2) is 3.10. The fourth-order valence-corrected chi connectivity index (χ4v) is 2.05. The van der Waals surface area contributed by atoms with E-state index in [2.05, 4.69) is 47.3 Å². The van der Waals surface area contributed by atoms with Crippen LogP contribution in [-0.2, 0) is 0 Å². The Kier molecular flexibility index (Phi) is 1.95. The molecule has 0 N–H and O–H groups in total. The van der Waals surface area contributed by atoms with Crippen LogP contribution in [0.25, 0.3) is 0 Å². The van der Waals surface area contributed by atoms with Crippen molar-refractivity contribution in [1.29, 1.82) is 0 Å². The van der Waals surface area contributed by atoms with E-state index in [1.54, 1.807) is 0 Å². The van der Waals surface area contributed by atoms with Gasteiger partial charge in [0.05, 0.1) is 0 Å². The van der Waals surface area contributed by atoms with Crippen molar-refractivity contribution < 1.29 is 10.8 Å². The summed E-state index contributed by atoms with van der Waals surface area (Å²) in [5.74, 6) is 0. The molecule has 0 aromatic carbocycles. The van der Waals surface area contributed by atoms with Crippen molar-refractivity contribution in [1.82, 2.24) is 0 Å². The zero-order valence-corrected chi connectivity index (χ0v) is 7.01. The molecule has 0 aliphatic heterocycles. The minimum Gasteiger partial charge on any atom is -0.0748 e.